The van der Waals surface area contributed by atoms with Gasteiger partial charge in [-0.1, -0.05) is 36.4 Å². The van der Waals surface area contributed by atoms with Crippen LogP contribution in [0.2, 0.25) is 0 Å². The average Bonchev–Trinajstić information content (AvgIpc) is 2.77. The van der Waals surface area contributed by atoms with Crippen LogP contribution in [0.15, 0.2) is 70.9 Å². The largest absolute Gasteiger partial charge is 0.394 e. The van der Waals surface area contributed by atoms with E-state index in [1.165, 1.54) is 0 Å². The van der Waals surface area contributed by atoms with Gasteiger partial charge in [0.25, 0.3) is 11.8 Å². The SMILES string of the molecule is O=C(NN=CC(C[C@H](O)[C@@H](O)CO)=NNC(=O)c1ccccc1)c1ccccc1. The Balaban J connectivity index is 2.07. The molecule has 2 atom stereocenters. The molecule has 29 heavy (non-hydrogen) atoms. The first-order valence-corrected chi connectivity index (χ1v) is 8.78. The first-order valence-electron chi connectivity index (χ1n) is 8.78. The van der Waals surface area contributed by atoms with Crippen LogP contribution >= 0.6 is 0 Å². The molecule has 0 aromatic heterocycles. The molecule has 2 aromatic carbocycles. The summed E-state index contributed by atoms with van der Waals surface area (Å²) in [5, 5.41) is 36.1. The Bertz CT molecular complexity index is 856. The monoisotopic (exact) mass is 398 g/mol. The number of nitrogens with one attached hydrogen (secondary N) is 2. The highest BCUT2D eigenvalue weighted by Gasteiger charge is 2.17. The third-order valence-corrected chi connectivity index (χ3v) is 3.80. The van der Waals surface area contributed by atoms with Gasteiger partial charge < -0.3 is 15.3 Å². The lowest BCUT2D eigenvalue weighted by Crippen LogP contribution is -2.33. The van der Waals surface area contributed by atoms with E-state index in [9.17, 15) is 19.8 Å². The van der Waals surface area contributed by atoms with Crippen molar-refractivity contribution in [2.45, 2.75) is 18.6 Å². The van der Waals surface area contributed by atoms with Gasteiger partial charge in [0.05, 0.1) is 24.6 Å². The molecule has 9 heteroatoms. The quantitative estimate of drug-likeness (QED) is 0.305. The van der Waals surface area contributed by atoms with Crippen molar-refractivity contribution in [3.05, 3.63) is 71.8 Å². The number of carbonyl (C=O) groups excluding carboxylic acids is 2. The number of carbonyl (C=O) groups is 2. The van der Waals surface area contributed by atoms with Crippen LogP contribution in [0.3, 0.4) is 0 Å². The van der Waals surface area contributed by atoms with E-state index in [1.54, 1.807) is 60.7 Å². The topological polar surface area (TPSA) is 144 Å². The van der Waals surface area contributed by atoms with Gasteiger partial charge in [-0.05, 0) is 24.3 Å². The van der Waals surface area contributed by atoms with Crippen LogP contribution in [0.1, 0.15) is 27.1 Å². The zero-order chi connectivity index (χ0) is 21.1. The number of aliphatic hydroxyl groups excluding tert-OH is 3. The van der Waals surface area contributed by atoms with Crippen molar-refractivity contribution in [1.82, 2.24) is 10.9 Å². The molecule has 152 valence electrons. The normalized spacial score (nSPS) is 13.7. The van der Waals surface area contributed by atoms with Crippen molar-refractivity contribution in [2.24, 2.45) is 10.2 Å². The van der Waals surface area contributed by atoms with Crippen LogP contribution in [0.25, 0.3) is 0 Å². The lowest BCUT2D eigenvalue weighted by atomic mass is 10.1. The second kappa shape index (κ2) is 11.4. The fourth-order valence-corrected chi connectivity index (χ4v) is 2.20. The zero-order valence-electron chi connectivity index (χ0n) is 15.5. The number of hydrogen-bond donors (Lipinski definition) is 5. The van der Waals surface area contributed by atoms with E-state index in [-0.39, 0.29) is 12.1 Å². The zero-order valence-corrected chi connectivity index (χ0v) is 15.5. The predicted octanol–water partition coefficient (Wildman–Crippen LogP) is 0.292. The summed E-state index contributed by atoms with van der Waals surface area (Å²) >= 11 is 0. The minimum absolute atomic E-state index is 0.0719. The molecule has 2 aromatic rings. The molecule has 0 aliphatic rings. The van der Waals surface area contributed by atoms with Crippen LogP contribution < -0.4 is 10.9 Å². The number of benzene rings is 2. The fourth-order valence-electron chi connectivity index (χ4n) is 2.20. The van der Waals surface area contributed by atoms with E-state index in [2.05, 4.69) is 21.1 Å². The molecule has 0 heterocycles. The third-order valence-electron chi connectivity index (χ3n) is 3.80. The van der Waals surface area contributed by atoms with Crippen LogP contribution in [-0.4, -0.2) is 57.9 Å². The van der Waals surface area contributed by atoms with Crippen molar-refractivity contribution < 1.29 is 24.9 Å². The Hall–Kier alpha value is -3.40. The van der Waals surface area contributed by atoms with Gasteiger partial charge in [0.2, 0.25) is 0 Å². The molecular formula is C20H22N4O5. The third kappa shape index (κ3) is 7.26. The van der Waals surface area contributed by atoms with Crippen molar-refractivity contribution in [3.63, 3.8) is 0 Å². The van der Waals surface area contributed by atoms with Crippen LogP contribution in [-0.2, 0) is 0 Å². The molecule has 0 unspecified atom stereocenters. The van der Waals surface area contributed by atoms with Crippen LogP contribution in [0.4, 0.5) is 0 Å². The van der Waals surface area contributed by atoms with Crippen molar-refractivity contribution in [2.75, 3.05) is 6.61 Å². The molecule has 5 N–H and O–H groups in total. The maximum atomic E-state index is 12.1. The standard InChI is InChI=1S/C20H22N4O5/c25-13-18(27)17(26)11-16(22-24-20(29)15-9-5-2-6-10-15)12-21-23-19(28)14-7-3-1-4-8-14/h1-10,12,17-18,25-27H,11,13H2,(H,23,28)(H,24,29)/t17-,18-/m0/s1. The molecule has 0 bridgehead atoms. The summed E-state index contributed by atoms with van der Waals surface area (Å²) in [6.07, 6.45) is -1.82. The van der Waals surface area contributed by atoms with E-state index < -0.39 is 30.6 Å². The lowest BCUT2D eigenvalue weighted by Gasteiger charge is -2.15. The van der Waals surface area contributed by atoms with Gasteiger partial charge in [0, 0.05) is 17.5 Å². The van der Waals surface area contributed by atoms with Gasteiger partial charge in [-0.25, -0.2) is 10.9 Å². The highest BCUT2D eigenvalue weighted by atomic mass is 16.4. The van der Waals surface area contributed by atoms with Gasteiger partial charge in [0.15, 0.2) is 0 Å². The molecular weight excluding hydrogens is 376 g/mol. The maximum absolute atomic E-state index is 12.1. The number of rotatable bonds is 9. The Morgan fingerprint density at radius 2 is 1.38 bits per heavy atom. The summed E-state index contributed by atoms with van der Waals surface area (Å²) in [6, 6.07) is 16.8. The fraction of sp³-hybridized carbons (Fsp3) is 0.200. The Morgan fingerprint density at radius 1 is 0.862 bits per heavy atom. The lowest BCUT2D eigenvalue weighted by molar-refractivity contribution is -0.00975. The van der Waals surface area contributed by atoms with E-state index in [0.717, 1.165) is 6.21 Å². The summed E-state index contributed by atoms with van der Waals surface area (Å²) in [6.45, 7) is -0.646. The van der Waals surface area contributed by atoms with Crippen molar-refractivity contribution in [3.8, 4) is 0 Å². The molecule has 0 spiro atoms. The molecule has 0 aliphatic carbocycles. The van der Waals surface area contributed by atoms with Gasteiger partial charge in [-0.2, -0.15) is 10.2 Å². The molecule has 9 nitrogen and oxygen atoms in total. The van der Waals surface area contributed by atoms with Gasteiger partial charge in [0.1, 0.15) is 6.10 Å². The average molecular weight is 398 g/mol. The number of hydrogen-bond acceptors (Lipinski definition) is 7. The van der Waals surface area contributed by atoms with E-state index >= 15 is 0 Å². The number of amides is 2. The first kappa shape index (κ1) is 21.9. The summed E-state index contributed by atoms with van der Waals surface area (Å²) in [5.41, 5.74) is 5.48. The Morgan fingerprint density at radius 3 is 1.90 bits per heavy atom. The van der Waals surface area contributed by atoms with Crippen molar-refractivity contribution in [1.29, 1.82) is 0 Å². The van der Waals surface area contributed by atoms with Crippen LogP contribution in [0, 0.1) is 0 Å². The second-order valence-electron chi connectivity index (χ2n) is 6.00. The van der Waals surface area contributed by atoms with E-state index in [1.807, 2.05) is 0 Å². The molecule has 0 fully saturated rings. The highest BCUT2D eigenvalue weighted by Crippen LogP contribution is 2.02. The summed E-state index contributed by atoms with van der Waals surface area (Å²) in [7, 11) is 0. The molecule has 2 amide bonds. The van der Waals surface area contributed by atoms with E-state index in [4.69, 9.17) is 5.11 Å². The van der Waals surface area contributed by atoms with Crippen molar-refractivity contribution >= 4 is 23.7 Å². The number of nitrogens with zero attached hydrogens (tertiary/aromatic N) is 2. The summed E-state index contributed by atoms with van der Waals surface area (Å²) in [5.74, 6) is -0.938. The number of aliphatic hydroxyl groups is 3. The molecule has 0 saturated heterocycles. The Kier molecular flexibility index (Phi) is 8.64. The molecule has 0 radical (unpaired) electrons. The Labute approximate surface area is 167 Å². The van der Waals surface area contributed by atoms with E-state index in [0.29, 0.717) is 11.1 Å². The minimum Gasteiger partial charge on any atom is -0.394 e. The smallest absolute Gasteiger partial charge is 0.271 e. The molecule has 0 saturated carbocycles. The highest BCUT2D eigenvalue weighted by molar-refractivity contribution is 6.31. The maximum Gasteiger partial charge on any atom is 0.271 e. The van der Waals surface area contributed by atoms with Gasteiger partial charge in [-0.3, -0.25) is 9.59 Å². The number of hydrazone groups is 2. The van der Waals surface area contributed by atoms with Gasteiger partial charge in [-0.15, -0.1) is 0 Å². The minimum atomic E-state index is -1.39. The second-order valence-corrected chi connectivity index (χ2v) is 6.00. The van der Waals surface area contributed by atoms with Crippen LogP contribution in [0.5, 0.6) is 0 Å². The predicted molar refractivity (Wildman–Crippen MR) is 107 cm³/mol. The summed E-state index contributed by atoms with van der Waals surface area (Å²) in [4.78, 5) is 24.1. The van der Waals surface area contributed by atoms with Gasteiger partial charge >= 0.3 is 0 Å². The molecule has 2 rings (SSSR count). The summed E-state index contributed by atoms with van der Waals surface area (Å²) < 4.78 is 0. The molecule has 0 aliphatic heterocycles. The first-order chi connectivity index (χ1) is 14.0.